The normalized spacial score (nSPS) is 21.6. The summed E-state index contributed by atoms with van der Waals surface area (Å²) in [5.74, 6) is 0.158. The van der Waals surface area contributed by atoms with E-state index in [9.17, 15) is 0 Å². The second-order valence-corrected chi connectivity index (χ2v) is 2.60. The Balaban J connectivity index is 2.39. The number of hydrogen-bond donors (Lipinski definition) is 2. The van der Waals surface area contributed by atoms with Crippen molar-refractivity contribution < 1.29 is 14.9 Å². The number of ether oxygens (including phenoxy) is 1. The lowest BCUT2D eigenvalue weighted by atomic mass is 10.1. The Morgan fingerprint density at radius 3 is 2.18 bits per heavy atom. The zero-order chi connectivity index (χ0) is 7.84. The van der Waals surface area contributed by atoms with Gasteiger partial charge in [-0.1, -0.05) is 0 Å². The van der Waals surface area contributed by atoms with Crippen LogP contribution in [0.2, 0.25) is 0 Å². The standard InChI is InChI=1S/C8H8O3/c9-6-1-5(8-4-11-8)2-7(10)3-6/h1-3,8-10H,4H2. The minimum atomic E-state index is 0.0769. The van der Waals surface area contributed by atoms with Crippen LogP contribution in [0.15, 0.2) is 18.2 Å². The molecular weight excluding hydrogens is 144 g/mol. The van der Waals surface area contributed by atoms with E-state index in [0.29, 0.717) is 6.61 Å². The smallest absolute Gasteiger partial charge is 0.119 e. The van der Waals surface area contributed by atoms with Crippen LogP contribution in [-0.2, 0) is 4.74 Å². The average molecular weight is 152 g/mol. The van der Waals surface area contributed by atoms with Crippen molar-refractivity contribution in [1.82, 2.24) is 0 Å². The number of phenolic OH excluding ortho intramolecular Hbond substituents is 2. The van der Waals surface area contributed by atoms with Gasteiger partial charge in [-0.3, -0.25) is 0 Å². The summed E-state index contributed by atoms with van der Waals surface area (Å²) in [5.41, 5.74) is 0.836. The van der Waals surface area contributed by atoms with E-state index in [4.69, 9.17) is 14.9 Å². The zero-order valence-electron chi connectivity index (χ0n) is 5.82. The number of rotatable bonds is 1. The quantitative estimate of drug-likeness (QED) is 0.594. The Morgan fingerprint density at radius 2 is 1.73 bits per heavy atom. The van der Waals surface area contributed by atoms with Gasteiger partial charge in [0.2, 0.25) is 0 Å². The topological polar surface area (TPSA) is 53.0 Å². The van der Waals surface area contributed by atoms with Gasteiger partial charge >= 0.3 is 0 Å². The molecule has 0 bridgehead atoms. The van der Waals surface area contributed by atoms with Crippen molar-refractivity contribution in [2.75, 3.05) is 6.61 Å². The van der Waals surface area contributed by atoms with Gasteiger partial charge in [-0.2, -0.15) is 0 Å². The van der Waals surface area contributed by atoms with Gasteiger partial charge in [-0.15, -0.1) is 0 Å². The number of benzene rings is 1. The highest BCUT2D eigenvalue weighted by atomic mass is 16.6. The van der Waals surface area contributed by atoms with Crippen molar-refractivity contribution in [3.05, 3.63) is 23.8 Å². The van der Waals surface area contributed by atoms with Crippen LogP contribution >= 0.6 is 0 Å². The number of aromatic hydroxyl groups is 2. The van der Waals surface area contributed by atoms with Crippen molar-refractivity contribution in [3.8, 4) is 11.5 Å². The molecule has 0 aliphatic carbocycles. The second-order valence-electron chi connectivity index (χ2n) is 2.60. The summed E-state index contributed by atoms with van der Waals surface area (Å²) in [6.45, 7) is 0.683. The maximum atomic E-state index is 9.06. The fourth-order valence-corrected chi connectivity index (χ4v) is 1.04. The molecule has 1 heterocycles. The lowest BCUT2D eigenvalue weighted by Gasteiger charge is -1.98. The van der Waals surface area contributed by atoms with Crippen molar-refractivity contribution >= 4 is 0 Å². The van der Waals surface area contributed by atoms with Gasteiger partial charge < -0.3 is 14.9 Å². The molecule has 0 saturated carbocycles. The summed E-state index contributed by atoms with van der Waals surface area (Å²) in [7, 11) is 0. The minimum Gasteiger partial charge on any atom is -0.508 e. The Kier molecular flexibility index (Phi) is 1.26. The maximum absolute atomic E-state index is 9.06. The number of phenols is 2. The molecule has 1 atom stereocenters. The predicted octanol–water partition coefficient (Wildman–Crippen LogP) is 1.17. The van der Waals surface area contributed by atoms with E-state index in [1.54, 1.807) is 12.1 Å². The van der Waals surface area contributed by atoms with Gasteiger partial charge in [-0.05, 0) is 17.7 Å². The molecule has 1 aromatic rings. The molecule has 0 aromatic heterocycles. The van der Waals surface area contributed by atoms with Crippen molar-refractivity contribution in [3.63, 3.8) is 0 Å². The Morgan fingerprint density at radius 1 is 1.18 bits per heavy atom. The number of hydrogen-bond acceptors (Lipinski definition) is 3. The van der Waals surface area contributed by atoms with E-state index >= 15 is 0 Å². The highest BCUT2D eigenvalue weighted by Crippen LogP contribution is 2.33. The molecule has 1 unspecified atom stereocenters. The van der Waals surface area contributed by atoms with E-state index in [1.165, 1.54) is 6.07 Å². The molecule has 2 N–H and O–H groups in total. The van der Waals surface area contributed by atoms with Gasteiger partial charge in [0.25, 0.3) is 0 Å². The van der Waals surface area contributed by atoms with Crippen molar-refractivity contribution in [1.29, 1.82) is 0 Å². The Hall–Kier alpha value is -1.22. The minimum absolute atomic E-state index is 0.0769. The summed E-state index contributed by atoms with van der Waals surface area (Å²) in [4.78, 5) is 0. The van der Waals surface area contributed by atoms with Crippen LogP contribution in [0.1, 0.15) is 11.7 Å². The van der Waals surface area contributed by atoms with E-state index in [0.717, 1.165) is 5.56 Å². The first kappa shape index (κ1) is 6.49. The second kappa shape index (κ2) is 2.13. The van der Waals surface area contributed by atoms with Crippen LogP contribution in [0, 0.1) is 0 Å². The van der Waals surface area contributed by atoms with Crippen LogP contribution in [0.3, 0.4) is 0 Å². The lowest BCUT2D eigenvalue weighted by Crippen LogP contribution is -1.79. The van der Waals surface area contributed by atoms with Gasteiger partial charge in [0, 0.05) is 6.07 Å². The molecule has 1 aliphatic rings. The molecule has 1 aromatic carbocycles. The first-order chi connectivity index (χ1) is 5.25. The van der Waals surface area contributed by atoms with E-state index < -0.39 is 0 Å². The van der Waals surface area contributed by atoms with Crippen LogP contribution in [0.25, 0.3) is 0 Å². The molecule has 0 amide bonds. The summed E-state index contributed by atoms with van der Waals surface area (Å²) in [6.07, 6.45) is 0.0769. The number of epoxide rings is 1. The lowest BCUT2D eigenvalue weighted by molar-refractivity contribution is 0.410. The average Bonchev–Trinajstić information content (AvgIpc) is 2.64. The van der Waals surface area contributed by atoms with Crippen LogP contribution < -0.4 is 0 Å². The van der Waals surface area contributed by atoms with Crippen molar-refractivity contribution in [2.24, 2.45) is 0 Å². The molecule has 2 rings (SSSR count). The molecule has 3 nitrogen and oxygen atoms in total. The van der Waals surface area contributed by atoms with Gasteiger partial charge in [0.1, 0.15) is 17.6 Å². The Labute approximate surface area is 63.9 Å². The molecule has 1 fully saturated rings. The molecule has 11 heavy (non-hydrogen) atoms. The monoisotopic (exact) mass is 152 g/mol. The van der Waals surface area contributed by atoms with Crippen molar-refractivity contribution in [2.45, 2.75) is 6.10 Å². The third-order valence-corrected chi connectivity index (χ3v) is 1.63. The molecule has 3 heteroatoms. The van der Waals surface area contributed by atoms with Crippen LogP contribution in [-0.4, -0.2) is 16.8 Å². The largest absolute Gasteiger partial charge is 0.508 e. The molecular formula is C8H8O3. The molecule has 1 aliphatic heterocycles. The van der Waals surface area contributed by atoms with Crippen LogP contribution in [0.4, 0.5) is 0 Å². The summed E-state index contributed by atoms with van der Waals surface area (Å²) < 4.78 is 4.98. The fourth-order valence-electron chi connectivity index (χ4n) is 1.04. The zero-order valence-corrected chi connectivity index (χ0v) is 5.82. The fraction of sp³-hybridized carbons (Fsp3) is 0.250. The van der Waals surface area contributed by atoms with Gasteiger partial charge in [0.05, 0.1) is 6.61 Å². The molecule has 58 valence electrons. The SMILES string of the molecule is Oc1cc(O)cc(C2CO2)c1. The highest BCUT2D eigenvalue weighted by Gasteiger charge is 2.25. The summed E-state index contributed by atoms with van der Waals surface area (Å²) in [6, 6.07) is 4.49. The third-order valence-electron chi connectivity index (χ3n) is 1.63. The van der Waals surface area contributed by atoms with E-state index in [2.05, 4.69) is 0 Å². The predicted molar refractivity (Wildman–Crippen MR) is 38.5 cm³/mol. The first-order valence-electron chi connectivity index (χ1n) is 3.40. The highest BCUT2D eigenvalue weighted by molar-refractivity contribution is 5.38. The summed E-state index contributed by atoms with van der Waals surface area (Å²) in [5, 5.41) is 18.1. The molecule has 0 spiro atoms. The summed E-state index contributed by atoms with van der Waals surface area (Å²) >= 11 is 0. The van der Waals surface area contributed by atoms with Crippen LogP contribution in [0.5, 0.6) is 11.5 Å². The van der Waals surface area contributed by atoms with Gasteiger partial charge in [-0.25, -0.2) is 0 Å². The first-order valence-corrected chi connectivity index (χ1v) is 3.40. The van der Waals surface area contributed by atoms with E-state index in [-0.39, 0.29) is 17.6 Å². The third kappa shape index (κ3) is 1.28. The van der Waals surface area contributed by atoms with Gasteiger partial charge in [0.15, 0.2) is 0 Å². The molecule has 1 saturated heterocycles. The van der Waals surface area contributed by atoms with E-state index in [1.807, 2.05) is 0 Å². The Bertz CT molecular complexity index is 258. The molecule has 0 radical (unpaired) electrons. The maximum Gasteiger partial charge on any atom is 0.119 e.